The Morgan fingerprint density at radius 1 is 1.52 bits per heavy atom. The van der Waals surface area contributed by atoms with Crippen LogP contribution in [0.25, 0.3) is 0 Å². The highest BCUT2D eigenvalue weighted by molar-refractivity contribution is 5.09. The van der Waals surface area contributed by atoms with E-state index in [-0.39, 0.29) is 5.41 Å². The van der Waals surface area contributed by atoms with Crippen LogP contribution in [-0.2, 0) is 16.0 Å². The third-order valence-corrected chi connectivity index (χ3v) is 4.79. The zero-order valence-corrected chi connectivity index (χ0v) is 13.0. The Kier molecular flexibility index (Phi) is 4.88. The highest BCUT2D eigenvalue weighted by atomic mass is 16.5. The lowest BCUT2D eigenvalue weighted by Crippen LogP contribution is -2.56. The zero-order valence-electron chi connectivity index (χ0n) is 13.0. The molecule has 1 aromatic heterocycles. The molecule has 2 fully saturated rings. The van der Waals surface area contributed by atoms with Crippen LogP contribution in [0.2, 0.25) is 0 Å². The van der Waals surface area contributed by atoms with E-state index < -0.39 is 0 Å². The van der Waals surface area contributed by atoms with Crippen LogP contribution in [0.3, 0.4) is 0 Å². The number of likely N-dealkylation sites (tertiary alicyclic amines) is 1. The summed E-state index contributed by atoms with van der Waals surface area (Å²) >= 11 is 0. The SMILES string of the molecule is CCOC[C@@]12CCCO[C@@H]1CCN(Cc1cccnc1)C2. The third-order valence-electron chi connectivity index (χ3n) is 4.79. The van der Waals surface area contributed by atoms with E-state index in [0.29, 0.717) is 6.10 Å². The van der Waals surface area contributed by atoms with Crippen molar-refractivity contribution in [2.24, 2.45) is 5.41 Å². The van der Waals surface area contributed by atoms with Crippen molar-refractivity contribution in [1.29, 1.82) is 0 Å². The monoisotopic (exact) mass is 290 g/mol. The second kappa shape index (κ2) is 6.86. The van der Waals surface area contributed by atoms with E-state index in [9.17, 15) is 0 Å². The first-order valence-corrected chi connectivity index (χ1v) is 8.13. The number of hydrogen-bond acceptors (Lipinski definition) is 4. The Bertz CT molecular complexity index is 440. The van der Waals surface area contributed by atoms with Crippen molar-refractivity contribution in [1.82, 2.24) is 9.88 Å². The maximum Gasteiger partial charge on any atom is 0.0677 e. The van der Waals surface area contributed by atoms with Crippen LogP contribution in [0, 0.1) is 5.41 Å². The number of pyridine rings is 1. The van der Waals surface area contributed by atoms with Crippen molar-refractivity contribution in [3.05, 3.63) is 30.1 Å². The molecule has 4 nitrogen and oxygen atoms in total. The fourth-order valence-electron chi connectivity index (χ4n) is 3.78. The molecule has 21 heavy (non-hydrogen) atoms. The highest BCUT2D eigenvalue weighted by Gasteiger charge is 2.45. The van der Waals surface area contributed by atoms with E-state index in [4.69, 9.17) is 9.47 Å². The minimum Gasteiger partial charge on any atom is -0.381 e. The van der Waals surface area contributed by atoms with Crippen LogP contribution in [-0.4, -0.2) is 48.9 Å². The summed E-state index contributed by atoms with van der Waals surface area (Å²) in [6.45, 7) is 7.77. The average Bonchev–Trinajstić information content (AvgIpc) is 2.54. The van der Waals surface area contributed by atoms with Gasteiger partial charge in [0, 0.05) is 50.7 Å². The highest BCUT2D eigenvalue weighted by Crippen LogP contribution is 2.40. The zero-order chi connectivity index (χ0) is 14.5. The number of fused-ring (bicyclic) bond motifs is 1. The van der Waals surface area contributed by atoms with E-state index >= 15 is 0 Å². The standard InChI is InChI=1S/C17H26N2O2/c1-2-20-14-17-7-4-10-21-16(17)6-9-19(13-17)12-15-5-3-8-18-11-15/h3,5,8,11,16H,2,4,6-7,9-10,12-14H2,1H3/t16-,17+/m1/s1. The number of nitrogens with zero attached hydrogens (tertiary/aromatic N) is 2. The maximum absolute atomic E-state index is 6.06. The van der Waals surface area contributed by atoms with Gasteiger partial charge >= 0.3 is 0 Å². The first kappa shape index (κ1) is 14.9. The molecule has 0 bridgehead atoms. The van der Waals surface area contributed by atoms with Crippen LogP contribution in [0.1, 0.15) is 31.7 Å². The molecule has 116 valence electrons. The van der Waals surface area contributed by atoms with Gasteiger partial charge in [-0.15, -0.1) is 0 Å². The predicted molar refractivity (Wildman–Crippen MR) is 82.0 cm³/mol. The molecule has 0 saturated carbocycles. The molecular weight excluding hydrogens is 264 g/mol. The van der Waals surface area contributed by atoms with E-state index in [1.807, 2.05) is 18.5 Å². The largest absolute Gasteiger partial charge is 0.381 e. The number of rotatable bonds is 5. The van der Waals surface area contributed by atoms with Gasteiger partial charge in [-0.3, -0.25) is 9.88 Å². The quantitative estimate of drug-likeness (QED) is 0.834. The smallest absolute Gasteiger partial charge is 0.0677 e. The molecule has 1 aromatic rings. The lowest BCUT2D eigenvalue weighted by molar-refractivity contribution is -0.153. The molecule has 0 radical (unpaired) electrons. The number of piperidine rings is 1. The minimum atomic E-state index is 0.189. The van der Waals surface area contributed by atoms with Gasteiger partial charge in [-0.1, -0.05) is 6.07 Å². The van der Waals surface area contributed by atoms with Crippen LogP contribution in [0.15, 0.2) is 24.5 Å². The van der Waals surface area contributed by atoms with Crippen molar-refractivity contribution in [2.45, 2.75) is 38.8 Å². The number of hydrogen-bond donors (Lipinski definition) is 0. The first-order chi connectivity index (χ1) is 10.3. The van der Waals surface area contributed by atoms with Gasteiger partial charge in [-0.25, -0.2) is 0 Å². The third kappa shape index (κ3) is 3.44. The molecule has 4 heteroatoms. The second-order valence-corrected chi connectivity index (χ2v) is 6.32. The number of aromatic nitrogens is 1. The van der Waals surface area contributed by atoms with Crippen molar-refractivity contribution < 1.29 is 9.47 Å². The molecule has 2 saturated heterocycles. The van der Waals surface area contributed by atoms with Gasteiger partial charge in [0.1, 0.15) is 0 Å². The van der Waals surface area contributed by atoms with Crippen molar-refractivity contribution in [2.75, 3.05) is 32.9 Å². The molecule has 0 amide bonds. The summed E-state index contributed by atoms with van der Waals surface area (Å²) in [6, 6.07) is 4.17. The fraction of sp³-hybridized carbons (Fsp3) is 0.706. The topological polar surface area (TPSA) is 34.6 Å². The van der Waals surface area contributed by atoms with Gasteiger partial charge in [0.15, 0.2) is 0 Å². The Morgan fingerprint density at radius 3 is 3.29 bits per heavy atom. The van der Waals surface area contributed by atoms with E-state index in [0.717, 1.165) is 52.3 Å². The van der Waals surface area contributed by atoms with Gasteiger partial charge < -0.3 is 9.47 Å². The van der Waals surface area contributed by atoms with Gasteiger partial charge in [-0.2, -0.15) is 0 Å². The van der Waals surface area contributed by atoms with Crippen molar-refractivity contribution >= 4 is 0 Å². The summed E-state index contributed by atoms with van der Waals surface area (Å²) < 4.78 is 11.9. The first-order valence-electron chi connectivity index (χ1n) is 8.13. The Labute approximate surface area is 127 Å². The number of ether oxygens (including phenoxy) is 2. The molecule has 0 unspecified atom stereocenters. The average molecular weight is 290 g/mol. The molecule has 2 aliphatic rings. The molecule has 0 aromatic carbocycles. The van der Waals surface area contributed by atoms with Crippen LogP contribution < -0.4 is 0 Å². The van der Waals surface area contributed by atoms with Gasteiger partial charge in [0.2, 0.25) is 0 Å². The summed E-state index contributed by atoms with van der Waals surface area (Å²) in [6.07, 6.45) is 7.68. The second-order valence-electron chi connectivity index (χ2n) is 6.32. The lowest BCUT2D eigenvalue weighted by Gasteiger charge is -2.50. The molecule has 2 atom stereocenters. The Hall–Kier alpha value is -0.970. The van der Waals surface area contributed by atoms with E-state index in [2.05, 4.69) is 22.9 Å². The van der Waals surface area contributed by atoms with Crippen molar-refractivity contribution in [3.63, 3.8) is 0 Å². The maximum atomic E-state index is 6.06. The van der Waals surface area contributed by atoms with Gasteiger partial charge in [-0.05, 0) is 37.8 Å². The van der Waals surface area contributed by atoms with Crippen LogP contribution in [0.5, 0.6) is 0 Å². The van der Waals surface area contributed by atoms with Crippen molar-refractivity contribution in [3.8, 4) is 0 Å². The minimum absolute atomic E-state index is 0.189. The molecular formula is C17H26N2O2. The molecule has 2 aliphatic heterocycles. The van der Waals surface area contributed by atoms with Gasteiger partial charge in [0.05, 0.1) is 12.7 Å². The van der Waals surface area contributed by atoms with E-state index in [1.165, 1.54) is 12.0 Å². The fourth-order valence-corrected chi connectivity index (χ4v) is 3.78. The summed E-state index contributed by atoms with van der Waals surface area (Å²) in [5, 5.41) is 0. The molecule has 0 aliphatic carbocycles. The Morgan fingerprint density at radius 2 is 2.48 bits per heavy atom. The molecule has 0 N–H and O–H groups in total. The molecule has 3 rings (SSSR count). The van der Waals surface area contributed by atoms with E-state index in [1.54, 1.807) is 0 Å². The predicted octanol–water partition coefficient (Wildman–Crippen LogP) is 2.49. The normalized spacial score (nSPS) is 30.0. The van der Waals surface area contributed by atoms with Crippen LogP contribution in [0.4, 0.5) is 0 Å². The van der Waals surface area contributed by atoms with Gasteiger partial charge in [0.25, 0.3) is 0 Å². The lowest BCUT2D eigenvalue weighted by atomic mass is 9.73. The summed E-state index contributed by atoms with van der Waals surface area (Å²) in [7, 11) is 0. The summed E-state index contributed by atoms with van der Waals surface area (Å²) in [4.78, 5) is 6.77. The molecule has 0 spiro atoms. The summed E-state index contributed by atoms with van der Waals surface area (Å²) in [5.74, 6) is 0. The molecule has 3 heterocycles. The Balaban J connectivity index is 1.68. The van der Waals surface area contributed by atoms with Crippen LogP contribution >= 0.6 is 0 Å². The summed E-state index contributed by atoms with van der Waals surface area (Å²) in [5.41, 5.74) is 1.48.